The molecule has 5 heteroatoms. The maximum Gasteiger partial charge on any atom is 0.225 e. The third-order valence-electron chi connectivity index (χ3n) is 2.54. The van der Waals surface area contributed by atoms with Gasteiger partial charge in [0.25, 0.3) is 0 Å². The first-order valence-electron chi connectivity index (χ1n) is 4.97. The lowest BCUT2D eigenvalue weighted by Crippen LogP contribution is -2.37. The predicted molar refractivity (Wildman–Crippen MR) is 53.0 cm³/mol. The summed E-state index contributed by atoms with van der Waals surface area (Å²) in [7, 11) is 0. The zero-order valence-corrected chi connectivity index (χ0v) is 8.27. The molecule has 2 heterocycles. The van der Waals surface area contributed by atoms with Gasteiger partial charge in [-0.05, 0) is 12.8 Å². The van der Waals surface area contributed by atoms with Gasteiger partial charge >= 0.3 is 0 Å². The monoisotopic (exact) mass is 209 g/mol. The van der Waals surface area contributed by atoms with E-state index in [0.29, 0.717) is 12.5 Å². The van der Waals surface area contributed by atoms with Crippen LogP contribution < -0.4 is 4.90 Å². The second kappa shape index (κ2) is 4.33. The van der Waals surface area contributed by atoms with E-state index in [2.05, 4.69) is 9.97 Å². The van der Waals surface area contributed by atoms with Gasteiger partial charge in [0.1, 0.15) is 6.29 Å². The normalized spacial score (nSPS) is 21.4. The highest BCUT2D eigenvalue weighted by atomic mass is 19.1. The fraction of sp³-hybridized carbons (Fsp3) is 0.500. The number of aldehydes is 1. The Bertz CT molecular complexity index is 341. The van der Waals surface area contributed by atoms with Crippen molar-refractivity contribution in [3.05, 3.63) is 18.2 Å². The zero-order valence-electron chi connectivity index (χ0n) is 8.27. The van der Waals surface area contributed by atoms with Crippen molar-refractivity contribution in [2.75, 3.05) is 18.0 Å². The van der Waals surface area contributed by atoms with Crippen LogP contribution in [0.3, 0.4) is 0 Å². The van der Waals surface area contributed by atoms with Crippen LogP contribution in [0.15, 0.2) is 12.4 Å². The summed E-state index contributed by atoms with van der Waals surface area (Å²) in [5.74, 6) is 0.109. The van der Waals surface area contributed by atoms with E-state index >= 15 is 0 Å². The van der Waals surface area contributed by atoms with Crippen LogP contribution >= 0.6 is 0 Å². The summed E-state index contributed by atoms with van der Waals surface area (Å²) in [5, 5.41) is 0. The Balaban J connectivity index is 2.09. The largest absolute Gasteiger partial charge is 0.340 e. The number of nitrogens with zero attached hydrogens (tertiary/aromatic N) is 3. The third-order valence-corrected chi connectivity index (χ3v) is 2.54. The van der Waals surface area contributed by atoms with Gasteiger partial charge in [-0.3, -0.25) is 0 Å². The lowest BCUT2D eigenvalue weighted by molar-refractivity contribution is -0.111. The van der Waals surface area contributed by atoms with Crippen molar-refractivity contribution in [1.82, 2.24) is 9.97 Å². The van der Waals surface area contributed by atoms with Gasteiger partial charge in [0.05, 0.1) is 12.4 Å². The minimum atomic E-state index is -0.442. The fourth-order valence-corrected chi connectivity index (χ4v) is 1.77. The number of halogens is 1. The molecule has 1 aliphatic heterocycles. The molecule has 0 bridgehead atoms. The van der Waals surface area contributed by atoms with Crippen molar-refractivity contribution in [2.24, 2.45) is 5.92 Å². The van der Waals surface area contributed by atoms with Gasteiger partial charge < -0.3 is 9.69 Å². The number of hydrogen-bond acceptors (Lipinski definition) is 4. The number of carbonyl (C=O) groups is 1. The van der Waals surface area contributed by atoms with Crippen molar-refractivity contribution in [3.8, 4) is 0 Å². The average Bonchev–Trinajstić information content (AvgIpc) is 2.30. The first kappa shape index (κ1) is 10.0. The molecule has 4 nitrogen and oxygen atoms in total. The van der Waals surface area contributed by atoms with Gasteiger partial charge in [0.2, 0.25) is 5.95 Å². The highest BCUT2D eigenvalue weighted by Gasteiger charge is 2.20. The molecule has 1 fully saturated rings. The van der Waals surface area contributed by atoms with Gasteiger partial charge in [-0.15, -0.1) is 0 Å². The maximum absolute atomic E-state index is 12.6. The fourth-order valence-electron chi connectivity index (χ4n) is 1.77. The van der Waals surface area contributed by atoms with Crippen LogP contribution in [0.5, 0.6) is 0 Å². The van der Waals surface area contributed by atoms with Crippen molar-refractivity contribution in [2.45, 2.75) is 12.8 Å². The Hall–Kier alpha value is -1.52. The molecule has 1 aromatic heterocycles. The third kappa shape index (κ3) is 2.29. The molecular weight excluding hydrogens is 197 g/mol. The van der Waals surface area contributed by atoms with E-state index in [4.69, 9.17) is 0 Å². The molecule has 15 heavy (non-hydrogen) atoms. The lowest BCUT2D eigenvalue weighted by atomic mass is 10.0. The summed E-state index contributed by atoms with van der Waals surface area (Å²) in [4.78, 5) is 20.4. The van der Waals surface area contributed by atoms with Crippen molar-refractivity contribution in [1.29, 1.82) is 0 Å². The number of rotatable bonds is 2. The number of anilines is 1. The molecule has 1 atom stereocenters. The molecular formula is C10H12FN3O. The van der Waals surface area contributed by atoms with Crippen molar-refractivity contribution in [3.63, 3.8) is 0 Å². The average molecular weight is 209 g/mol. The molecule has 0 spiro atoms. The van der Waals surface area contributed by atoms with Crippen LogP contribution in [0.1, 0.15) is 12.8 Å². The molecule has 0 aromatic carbocycles. The predicted octanol–water partition coefficient (Wildman–Crippen LogP) is 1.03. The minimum absolute atomic E-state index is 0.0485. The quantitative estimate of drug-likeness (QED) is 0.682. The van der Waals surface area contributed by atoms with Crippen molar-refractivity contribution < 1.29 is 9.18 Å². The Morgan fingerprint density at radius 1 is 1.47 bits per heavy atom. The molecule has 1 aromatic rings. The van der Waals surface area contributed by atoms with Gasteiger partial charge in [0, 0.05) is 19.0 Å². The van der Waals surface area contributed by atoms with E-state index in [1.165, 1.54) is 0 Å². The van der Waals surface area contributed by atoms with Gasteiger partial charge in [0.15, 0.2) is 5.82 Å². The Kier molecular flexibility index (Phi) is 2.89. The minimum Gasteiger partial charge on any atom is -0.340 e. The molecule has 1 saturated heterocycles. The van der Waals surface area contributed by atoms with E-state index in [1.807, 2.05) is 4.90 Å². The van der Waals surface area contributed by atoms with Crippen molar-refractivity contribution >= 4 is 12.2 Å². The van der Waals surface area contributed by atoms with Gasteiger partial charge in [-0.25, -0.2) is 14.4 Å². The molecule has 1 unspecified atom stereocenters. The van der Waals surface area contributed by atoms with E-state index in [1.54, 1.807) is 0 Å². The number of aromatic nitrogens is 2. The topological polar surface area (TPSA) is 46.1 Å². The Morgan fingerprint density at radius 2 is 2.20 bits per heavy atom. The smallest absolute Gasteiger partial charge is 0.225 e. The number of hydrogen-bond donors (Lipinski definition) is 0. The Morgan fingerprint density at radius 3 is 2.87 bits per heavy atom. The van der Waals surface area contributed by atoms with E-state index in [-0.39, 0.29) is 5.92 Å². The molecule has 0 aliphatic carbocycles. The Labute approximate surface area is 87.1 Å². The summed E-state index contributed by atoms with van der Waals surface area (Å²) in [6, 6.07) is 0. The summed E-state index contributed by atoms with van der Waals surface area (Å²) in [5.41, 5.74) is 0. The van der Waals surface area contributed by atoms with Crippen LogP contribution in [0.4, 0.5) is 10.3 Å². The van der Waals surface area contributed by atoms with E-state index in [9.17, 15) is 9.18 Å². The maximum atomic E-state index is 12.6. The van der Waals surface area contributed by atoms with Crippen LogP contribution in [-0.4, -0.2) is 29.3 Å². The second-order valence-electron chi connectivity index (χ2n) is 3.69. The molecule has 0 radical (unpaired) electrons. The number of piperidine rings is 1. The SMILES string of the molecule is O=CC1CCCN(c2ncc(F)cn2)C1. The second-order valence-corrected chi connectivity index (χ2v) is 3.69. The summed E-state index contributed by atoms with van der Waals surface area (Å²) >= 11 is 0. The van der Waals surface area contributed by atoms with Crippen LogP contribution in [0.25, 0.3) is 0 Å². The summed E-state index contributed by atoms with van der Waals surface area (Å²) in [6.45, 7) is 1.46. The van der Waals surface area contributed by atoms with E-state index in [0.717, 1.165) is 38.1 Å². The highest BCUT2D eigenvalue weighted by molar-refractivity contribution is 5.55. The van der Waals surface area contributed by atoms with Crippen LogP contribution in [0, 0.1) is 11.7 Å². The van der Waals surface area contributed by atoms with Gasteiger partial charge in [-0.1, -0.05) is 0 Å². The highest BCUT2D eigenvalue weighted by Crippen LogP contribution is 2.18. The first-order chi connectivity index (χ1) is 7.29. The molecule has 80 valence electrons. The van der Waals surface area contributed by atoms with Crippen LogP contribution in [0.2, 0.25) is 0 Å². The molecule has 0 saturated carbocycles. The molecule has 1 aliphatic rings. The van der Waals surface area contributed by atoms with Crippen LogP contribution in [-0.2, 0) is 4.79 Å². The standard InChI is InChI=1S/C10H12FN3O/c11-9-4-12-10(13-5-9)14-3-1-2-8(6-14)7-15/h4-5,7-8H,1-3,6H2. The lowest BCUT2D eigenvalue weighted by Gasteiger charge is -2.29. The summed E-state index contributed by atoms with van der Waals surface area (Å²) in [6.07, 6.45) is 5.13. The molecule has 2 rings (SSSR count). The molecule has 0 N–H and O–H groups in total. The molecule has 0 amide bonds. The van der Waals surface area contributed by atoms with Gasteiger partial charge in [-0.2, -0.15) is 0 Å². The van der Waals surface area contributed by atoms with E-state index < -0.39 is 5.82 Å². The zero-order chi connectivity index (χ0) is 10.7. The number of carbonyl (C=O) groups excluding carboxylic acids is 1. The summed E-state index contributed by atoms with van der Waals surface area (Å²) < 4.78 is 12.6. The first-order valence-corrected chi connectivity index (χ1v) is 4.97.